The van der Waals surface area contributed by atoms with E-state index in [-0.39, 0.29) is 5.92 Å². The quantitative estimate of drug-likeness (QED) is 0.427. The van der Waals surface area contributed by atoms with Gasteiger partial charge < -0.3 is 0 Å². The van der Waals surface area contributed by atoms with Gasteiger partial charge in [-0.2, -0.15) is 0 Å². The van der Waals surface area contributed by atoms with Gasteiger partial charge in [0.2, 0.25) is 0 Å². The van der Waals surface area contributed by atoms with Gasteiger partial charge in [-0.05, 0) is 0 Å². The molecule has 0 saturated carbocycles. The van der Waals surface area contributed by atoms with Gasteiger partial charge >= 0.3 is 93.1 Å². The Morgan fingerprint density at radius 3 is 1.62 bits per heavy atom. The number of rotatable bonds is 5. The molecule has 2 aliphatic carbocycles. The predicted molar refractivity (Wildman–Crippen MR) is 56.1 cm³/mol. The molecule has 0 heterocycles. The minimum absolute atomic E-state index is 0.142. The van der Waals surface area contributed by atoms with Crippen molar-refractivity contribution >= 4 is 18.7 Å². The van der Waals surface area contributed by atoms with Crippen LogP contribution in [0.4, 0.5) is 0 Å². The molecule has 0 aromatic rings. The van der Waals surface area contributed by atoms with E-state index in [4.69, 9.17) is 0 Å². The number of fused-ring (bicyclic) bond motifs is 2. The van der Waals surface area contributed by atoms with Crippen molar-refractivity contribution in [2.45, 2.75) is 10.2 Å². The molecular weight excluding hydrogens is 292 g/mol. The molecule has 0 unspecified atom stereocenters. The Kier molecular flexibility index (Phi) is 2.25. The minimum atomic E-state index is -5.11. The molecule has 2 bridgehead atoms. The summed E-state index contributed by atoms with van der Waals surface area (Å²) in [7, 11) is 0. The molecule has 0 N–H and O–H groups in total. The standard InChI is InChI=1S/C7H7.4CHO.Mo/c1-2-7-4-3-6(1)5-7;4*1-2;/h1-4,6H,5H2;4*1H;. The molecule has 2 rings (SSSR count). The molecule has 16 heavy (non-hydrogen) atoms. The topological polar surface area (TPSA) is 68.3 Å². The van der Waals surface area contributed by atoms with Crippen LogP contribution >= 0.6 is 0 Å². The molecule has 0 aromatic carbocycles. The Hall–Kier alpha value is -1.15. The van der Waals surface area contributed by atoms with Crippen LogP contribution in [0.3, 0.4) is 0 Å². The van der Waals surface area contributed by atoms with Crippen LogP contribution in [0.2, 0.25) is 3.80 Å². The van der Waals surface area contributed by atoms with E-state index < -0.39 is 18.6 Å². The van der Waals surface area contributed by atoms with E-state index in [1.807, 2.05) is 12.2 Å². The maximum absolute atomic E-state index is 11.3. The fraction of sp³-hybridized carbons (Fsp3) is 0.273. The SMILES string of the molecule is O=[CH][Mo]([CH]=O)([CH]=O)([CH]=O)[C]12C=CC(C=C1)C2. The van der Waals surface area contributed by atoms with Crippen LogP contribution in [0.1, 0.15) is 6.42 Å². The summed E-state index contributed by atoms with van der Waals surface area (Å²) in [5.41, 5.74) is 0. The molecule has 0 radical (unpaired) electrons. The zero-order valence-electron chi connectivity index (χ0n) is 8.44. The molecule has 2 aliphatic rings. The van der Waals surface area contributed by atoms with Gasteiger partial charge in [-0.1, -0.05) is 0 Å². The zero-order valence-corrected chi connectivity index (χ0v) is 10.5. The fourth-order valence-electron chi connectivity index (χ4n) is 2.33. The van der Waals surface area contributed by atoms with Gasteiger partial charge in [0.1, 0.15) is 0 Å². The number of allylic oxidation sites excluding steroid dienone is 4. The van der Waals surface area contributed by atoms with Gasteiger partial charge in [0, 0.05) is 0 Å². The van der Waals surface area contributed by atoms with Crippen LogP contribution in [-0.4, -0.2) is 18.7 Å². The van der Waals surface area contributed by atoms with Crippen molar-refractivity contribution in [2.75, 3.05) is 0 Å². The monoisotopic (exact) mass is 305 g/mol. The van der Waals surface area contributed by atoms with Gasteiger partial charge in [0.05, 0.1) is 0 Å². The first-order chi connectivity index (χ1) is 7.60. The Balaban J connectivity index is 2.74. The summed E-state index contributed by atoms with van der Waals surface area (Å²) in [6.07, 6.45) is 7.59. The van der Waals surface area contributed by atoms with Gasteiger partial charge in [0.15, 0.2) is 0 Å². The van der Waals surface area contributed by atoms with Crippen molar-refractivity contribution in [3.63, 3.8) is 0 Å². The number of hydrogen-bond donors (Lipinski definition) is 0. The van der Waals surface area contributed by atoms with Crippen LogP contribution in [0.5, 0.6) is 0 Å². The normalized spacial score (nSPS) is 33.0. The summed E-state index contributed by atoms with van der Waals surface area (Å²) in [6, 6.07) is 0. The zero-order chi connectivity index (χ0) is 11.9. The first-order valence-corrected chi connectivity index (χ1v) is 10.4. The van der Waals surface area contributed by atoms with E-state index >= 15 is 0 Å². The number of carbonyl (C=O) groups excluding carboxylic acids is 4. The van der Waals surface area contributed by atoms with Crippen LogP contribution in [0.15, 0.2) is 24.3 Å². The molecule has 0 amide bonds. The van der Waals surface area contributed by atoms with Crippen molar-refractivity contribution in [1.82, 2.24) is 0 Å². The molecule has 0 spiro atoms. The molecule has 0 fully saturated rings. The fourth-order valence-corrected chi connectivity index (χ4v) is 8.12. The van der Waals surface area contributed by atoms with E-state index in [0.29, 0.717) is 25.1 Å². The van der Waals surface area contributed by atoms with Gasteiger partial charge in [0.25, 0.3) is 0 Å². The average molecular weight is 303 g/mol. The Bertz CT molecular complexity index is 391. The van der Waals surface area contributed by atoms with Crippen molar-refractivity contribution in [1.29, 1.82) is 0 Å². The first kappa shape index (κ1) is 11.3. The second kappa shape index (κ2) is 3.17. The third kappa shape index (κ3) is 0.938. The van der Waals surface area contributed by atoms with E-state index in [9.17, 15) is 19.2 Å². The van der Waals surface area contributed by atoms with E-state index in [0.717, 1.165) is 0 Å². The maximum atomic E-state index is 11.3. The van der Waals surface area contributed by atoms with Gasteiger partial charge in [-0.25, -0.2) is 0 Å². The molecule has 85 valence electrons. The van der Waals surface area contributed by atoms with Crippen molar-refractivity contribution in [2.24, 2.45) is 5.92 Å². The Morgan fingerprint density at radius 2 is 1.38 bits per heavy atom. The van der Waals surface area contributed by atoms with E-state index in [1.54, 1.807) is 12.2 Å². The predicted octanol–water partition coefficient (Wildman–Crippen LogP) is 0.741. The third-order valence-corrected chi connectivity index (χ3v) is 13.2. The Labute approximate surface area is 93.2 Å². The molecular formula is C11H11MoO4. The number of carbonyl (C=O) groups is 4. The summed E-state index contributed by atoms with van der Waals surface area (Å²) in [6.45, 7) is 0. The first-order valence-electron chi connectivity index (χ1n) is 4.76. The van der Waals surface area contributed by atoms with Crippen LogP contribution in [0.25, 0.3) is 0 Å². The van der Waals surface area contributed by atoms with Crippen molar-refractivity contribution in [3.05, 3.63) is 24.3 Å². The summed E-state index contributed by atoms with van der Waals surface area (Å²) < 4.78 is 0.503. The third-order valence-electron chi connectivity index (χ3n) is 3.54. The second-order valence-corrected chi connectivity index (χ2v) is 14.3. The molecule has 0 atom stereocenters. The van der Waals surface area contributed by atoms with Crippen molar-refractivity contribution in [3.8, 4) is 0 Å². The van der Waals surface area contributed by atoms with Gasteiger partial charge in [-0.3, -0.25) is 0 Å². The molecule has 0 saturated heterocycles. The molecule has 0 aliphatic heterocycles. The van der Waals surface area contributed by atoms with Crippen LogP contribution < -0.4 is 0 Å². The molecule has 5 heteroatoms. The summed E-state index contributed by atoms with van der Waals surface area (Å²) in [5, 5.41) is 0. The van der Waals surface area contributed by atoms with Gasteiger partial charge in [-0.15, -0.1) is 0 Å². The average Bonchev–Trinajstić information content (AvgIpc) is 2.95. The second-order valence-electron chi connectivity index (χ2n) is 4.21. The summed E-state index contributed by atoms with van der Waals surface area (Å²) in [5.74, 6) is 0.142. The van der Waals surface area contributed by atoms with Crippen LogP contribution in [0, 0.1) is 5.92 Å². The summed E-state index contributed by atoms with van der Waals surface area (Å²) in [4.78, 5) is 45.3. The molecule has 4 nitrogen and oxygen atoms in total. The molecule has 0 aromatic heterocycles. The summed E-state index contributed by atoms with van der Waals surface area (Å²) >= 11 is -5.11. The van der Waals surface area contributed by atoms with E-state index in [2.05, 4.69) is 0 Å². The van der Waals surface area contributed by atoms with Crippen molar-refractivity contribution < 1.29 is 34.0 Å². The van der Waals surface area contributed by atoms with Crippen LogP contribution in [-0.2, 0) is 34.0 Å². The Morgan fingerprint density at radius 1 is 0.938 bits per heavy atom. The number of hydrogen-bond acceptors (Lipinski definition) is 4. The van der Waals surface area contributed by atoms with E-state index in [1.165, 1.54) is 0 Å².